The smallest absolute Gasteiger partial charge is 0.236 e. The van der Waals surface area contributed by atoms with E-state index in [4.69, 9.17) is 19.2 Å². The molecule has 0 unspecified atom stereocenters. The molecule has 3 saturated heterocycles. The summed E-state index contributed by atoms with van der Waals surface area (Å²) >= 11 is 2.49. The number of carbonyl (C=O) groups is 1. The molecule has 7 rings (SSSR count). The first-order valence-corrected chi connectivity index (χ1v) is 16.2. The van der Waals surface area contributed by atoms with Gasteiger partial charge in [0.1, 0.15) is 16.6 Å². The number of thiazole rings is 1. The fraction of sp³-hybridized carbons (Fsp3) is 0.500. The van der Waals surface area contributed by atoms with Gasteiger partial charge in [0.2, 0.25) is 16.0 Å². The van der Waals surface area contributed by atoms with Crippen LogP contribution in [0.1, 0.15) is 40.0 Å². The third-order valence-electron chi connectivity index (χ3n) is 8.81. The maximum absolute atomic E-state index is 12.4. The molecule has 1 aromatic carbocycles. The van der Waals surface area contributed by atoms with Crippen molar-refractivity contribution >= 4 is 49.6 Å². The van der Waals surface area contributed by atoms with Crippen LogP contribution in [-0.2, 0) is 11.2 Å². The van der Waals surface area contributed by atoms with Crippen LogP contribution >= 0.6 is 22.7 Å². The lowest BCUT2D eigenvalue weighted by molar-refractivity contribution is -0.146. The van der Waals surface area contributed by atoms with Crippen molar-refractivity contribution in [3.05, 3.63) is 40.4 Å². The van der Waals surface area contributed by atoms with E-state index in [1.165, 1.54) is 16.2 Å². The number of carbonyl (C=O) groups excluding carboxylic acids is 1. The van der Waals surface area contributed by atoms with Crippen LogP contribution in [0.2, 0.25) is 0 Å². The standard InChI is InChI=1S/C30H35N9O2S2/c1-4-22-26(35(3)27-33-25(23(13-31)42-27)20-7-5-19(2)6-8-20)39-28(32-22)43-29(34-39)37-11-9-30(10-12-37)17-36(18-30)16-24(41)38-14-21(40)15-38/h5-8,21,40H,4,9-12,14-18H2,1-3H3/i3D3. The number of imidazole rings is 1. The Labute approximate surface area is 262 Å². The maximum Gasteiger partial charge on any atom is 0.236 e. The largest absolute Gasteiger partial charge is 0.389 e. The van der Waals surface area contributed by atoms with E-state index >= 15 is 0 Å². The van der Waals surface area contributed by atoms with Crippen LogP contribution in [-0.4, -0.2) is 99.3 Å². The summed E-state index contributed by atoms with van der Waals surface area (Å²) in [6.45, 7) is 6.00. The van der Waals surface area contributed by atoms with Crippen molar-refractivity contribution in [2.75, 3.05) is 62.6 Å². The summed E-state index contributed by atoms with van der Waals surface area (Å²) in [6, 6.07) is 9.86. The van der Waals surface area contributed by atoms with Gasteiger partial charge in [-0.2, -0.15) is 9.78 Å². The maximum atomic E-state index is 12.4. The quantitative estimate of drug-likeness (QED) is 0.331. The van der Waals surface area contributed by atoms with E-state index in [9.17, 15) is 15.2 Å². The monoisotopic (exact) mass is 620 g/mol. The van der Waals surface area contributed by atoms with Gasteiger partial charge in [0.05, 0.1) is 18.3 Å². The molecule has 4 aromatic rings. The van der Waals surface area contributed by atoms with Crippen molar-refractivity contribution in [3.8, 4) is 17.3 Å². The first kappa shape index (κ1) is 24.8. The van der Waals surface area contributed by atoms with Crippen molar-refractivity contribution < 1.29 is 14.0 Å². The minimum absolute atomic E-state index is 0.0880. The molecule has 1 N–H and O–H groups in total. The summed E-state index contributed by atoms with van der Waals surface area (Å²) in [4.78, 5) is 30.2. The topological polar surface area (TPSA) is 117 Å². The number of hydrogen-bond donors (Lipinski definition) is 1. The van der Waals surface area contributed by atoms with Gasteiger partial charge in [-0.3, -0.25) is 9.69 Å². The number of anilines is 3. The van der Waals surface area contributed by atoms with Gasteiger partial charge < -0.3 is 19.8 Å². The van der Waals surface area contributed by atoms with Crippen LogP contribution < -0.4 is 9.80 Å². The molecule has 3 aliphatic rings. The molecule has 3 fully saturated rings. The van der Waals surface area contributed by atoms with E-state index in [-0.39, 0.29) is 22.6 Å². The number of aryl methyl sites for hydroxylation is 2. The third-order valence-corrected chi connectivity index (χ3v) is 10.7. The number of likely N-dealkylation sites (tertiary alicyclic amines) is 2. The van der Waals surface area contributed by atoms with Gasteiger partial charge in [0.25, 0.3) is 0 Å². The normalized spacial score (nSPS) is 19.9. The summed E-state index contributed by atoms with van der Waals surface area (Å²) < 4.78 is 27.2. The fourth-order valence-electron chi connectivity index (χ4n) is 6.29. The number of nitriles is 1. The molecule has 224 valence electrons. The molecule has 3 aromatic heterocycles. The molecule has 0 bridgehead atoms. The molecule has 11 nitrogen and oxygen atoms in total. The number of amides is 1. The summed E-state index contributed by atoms with van der Waals surface area (Å²) in [7, 11) is 0. The van der Waals surface area contributed by atoms with Crippen LogP contribution in [0, 0.1) is 23.7 Å². The molecule has 1 spiro atoms. The molecule has 6 heterocycles. The van der Waals surface area contributed by atoms with Gasteiger partial charge in [-0.15, -0.1) is 5.10 Å². The molecule has 1 amide bonds. The number of β-amino-alcohol motifs (C(OH)–C–C–N with tert-alkyl or cyclic N) is 1. The van der Waals surface area contributed by atoms with Gasteiger partial charge in [0.15, 0.2) is 10.9 Å². The molecule has 3 aliphatic heterocycles. The second-order valence-electron chi connectivity index (χ2n) is 11.9. The number of benzene rings is 1. The lowest BCUT2D eigenvalue weighted by atomic mass is 9.72. The lowest BCUT2D eigenvalue weighted by Crippen LogP contribution is -2.63. The Hall–Kier alpha value is -3.57. The average Bonchev–Trinajstić information content (AvgIpc) is 3.68. The second kappa shape index (κ2) is 10.9. The van der Waals surface area contributed by atoms with Crippen molar-refractivity contribution in [3.63, 3.8) is 0 Å². The average molecular weight is 621 g/mol. The molecule has 0 radical (unpaired) electrons. The SMILES string of the molecule is [2H]C([2H])([2H])N(c1nc(-c2ccc(C)cc2)c(C#N)s1)c1c(CC)nc2sc(N3CCC4(CC3)CN(CC(=O)N3CC(O)C3)C4)nn12. The van der Waals surface area contributed by atoms with Crippen molar-refractivity contribution in [1.82, 2.24) is 29.4 Å². The number of fused-ring (bicyclic) bond motifs is 1. The molecule has 0 aliphatic carbocycles. The number of aliphatic hydroxyl groups excluding tert-OH is 1. The molecule has 13 heteroatoms. The second-order valence-corrected chi connectivity index (χ2v) is 13.8. The molecular weight excluding hydrogens is 583 g/mol. The van der Waals surface area contributed by atoms with Crippen molar-refractivity contribution in [2.45, 2.75) is 39.2 Å². The number of piperidine rings is 1. The fourth-order valence-corrected chi connectivity index (χ4v) is 8.06. The first-order valence-electron chi connectivity index (χ1n) is 16.1. The molecular formula is C30H35N9O2S2. The van der Waals surface area contributed by atoms with E-state index in [1.54, 1.807) is 9.42 Å². The third kappa shape index (κ3) is 5.06. The summed E-state index contributed by atoms with van der Waals surface area (Å²) in [5, 5.41) is 25.3. The van der Waals surface area contributed by atoms with Gasteiger partial charge in [0, 0.05) is 55.9 Å². The Kier molecular flexibility index (Phi) is 6.27. The predicted octanol–water partition coefficient (Wildman–Crippen LogP) is 3.53. The number of aromatic nitrogens is 4. The van der Waals surface area contributed by atoms with Gasteiger partial charge in [-0.25, -0.2) is 9.97 Å². The molecule has 0 saturated carbocycles. The minimum Gasteiger partial charge on any atom is -0.389 e. The van der Waals surface area contributed by atoms with Gasteiger partial charge in [-0.05, 0) is 31.6 Å². The highest BCUT2D eigenvalue weighted by molar-refractivity contribution is 7.20. The highest BCUT2D eigenvalue weighted by Crippen LogP contribution is 2.43. The highest BCUT2D eigenvalue weighted by atomic mass is 32.1. The van der Waals surface area contributed by atoms with E-state index < -0.39 is 6.98 Å². The zero-order valence-corrected chi connectivity index (χ0v) is 25.8. The number of nitrogens with zero attached hydrogens (tertiary/aromatic N) is 9. The lowest BCUT2D eigenvalue weighted by Gasteiger charge is -2.54. The Morgan fingerprint density at radius 1 is 1.21 bits per heavy atom. The Bertz CT molecular complexity index is 1810. The summed E-state index contributed by atoms with van der Waals surface area (Å²) in [5.41, 5.74) is 3.07. The van der Waals surface area contributed by atoms with E-state index in [0.29, 0.717) is 53.1 Å². The molecule has 43 heavy (non-hydrogen) atoms. The summed E-state index contributed by atoms with van der Waals surface area (Å²) in [6.07, 6.45) is 2.08. The summed E-state index contributed by atoms with van der Waals surface area (Å²) in [5.74, 6) is 0.432. The highest BCUT2D eigenvalue weighted by Gasteiger charge is 2.46. The van der Waals surface area contributed by atoms with Crippen LogP contribution in [0.15, 0.2) is 24.3 Å². The van der Waals surface area contributed by atoms with Crippen LogP contribution in [0.25, 0.3) is 16.2 Å². The van der Waals surface area contributed by atoms with E-state index in [0.717, 1.165) is 66.6 Å². The zero-order chi connectivity index (χ0) is 32.4. The van der Waals surface area contributed by atoms with Crippen molar-refractivity contribution in [1.29, 1.82) is 5.26 Å². The number of hydrogen-bond acceptors (Lipinski definition) is 11. The van der Waals surface area contributed by atoms with E-state index in [1.807, 2.05) is 38.1 Å². The van der Waals surface area contributed by atoms with Gasteiger partial charge in [-0.1, -0.05) is 59.4 Å². The minimum atomic E-state index is -2.61. The van der Waals surface area contributed by atoms with Crippen LogP contribution in [0.4, 0.5) is 16.1 Å². The predicted molar refractivity (Wildman–Crippen MR) is 168 cm³/mol. The van der Waals surface area contributed by atoms with Gasteiger partial charge >= 0.3 is 0 Å². The Morgan fingerprint density at radius 2 is 1.95 bits per heavy atom. The molecule has 0 atom stereocenters. The first-order chi connectivity index (χ1) is 22.0. The van der Waals surface area contributed by atoms with Crippen LogP contribution in [0.3, 0.4) is 0 Å². The van der Waals surface area contributed by atoms with E-state index in [2.05, 4.69) is 15.9 Å². The number of aliphatic hydroxyl groups is 1. The van der Waals surface area contributed by atoms with Crippen LogP contribution in [0.5, 0.6) is 0 Å². The Balaban J connectivity index is 1.12. The van der Waals surface area contributed by atoms with Crippen molar-refractivity contribution in [2.24, 2.45) is 5.41 Å². The number of rotatable bonds is 7. The zero-order valence-electron chi connectivity index (χ0n) is 27.2. The Morgan fingerprint density at radius 3 is 2.60 bits per heavy atom.